The van der Waals surface area contributed by atoms with Gasteiger partial charge in [0.05, 0.1) is 17.6 Å². The molecule has 2 aliphatic heterocycles. The summed E-state index contributed by atoms with van der Waals surface area (Å²) < 4.78 is 32.3. The largest absolute Gasteiger partial charge is 0.444 e. The van der Waals surface area contributed by atoms with Gasteiger partial charge in [0, 0.05) is 54.8 Å². The molecule has 2 saturated heterocycles. The minimum Gasteiger partial charge on any atom is -0.444 e. The Morgan fingerprint density at radius 1 is 1.10 bits per heavy atom. The van der Waals surface area contributed by atoms with Crippen LogP contribution in [0.4, 0.5) is 5.69 Å². The lowest BCUT2D eigenvalue weighted by Gasteiger charge is -2.41. The first-order valence-corrected chi connectivity index (χ1v) is 16.5. The van der Waals surface area contributed by atoms with Gasteiger partial charge in [-0.05, 0) is 50.7 Å². The number of rotatable bonds is 6. The molecule has 1 amide bonds. The van der Waals surface area contributed by atoms with E-state index in [0.717, 1.165) is 61.2 Å². The van der Waals surface area contributed by atoms with Crippen molar-refractivity contribution in [1.29, 1.82) is 5.26 Å². The molecular weight excluding hydrogens is 528 g/mol. The summed E-state index contributed by atoms with van der Waals surface area (Å²) in [7, 11) is -2.45. The Kier molecular flexibility index (Phi) is 7.36. The van der Waals surface area contributed by atoms with Crippen LogP contribution >= 0.6 is 10.6 Å². The highest BCUT2D eigenvalue weighted by molar-refractivity contribution is 8.24. The molecule has 40 heavy (non-hydrogen) atoms. The highest BCUT2D eigenvalue weighted by atomic mass is 32.3. The molecule has 0 bridgehead atoms. The van der Waals surface area contributed by atoms with Gasteiger partial charge in [-0.25, -0.2) is 4.98 Å². The number of nitrogens with zero attached hydrogens (tertiary/aromatic N) is 3. The topological polar surface area (TPSA) is 132 Å². The molecule has 4 aliphatic rings. The Morgan fingerprint density at radius 2 is 1.77 bits per heavy atom. The van der Waals surface area contributed by atoms with Gasteiger partial charge >= 0.3 is 0 Å². The molecule has 2 atom stereocenters. The number of ether oxygens (including phenoxy) is 1. The van der Waals surface area contributed by atoms with Crippen molar-refractivity contribution in [2.45, 2.75) is 75.2 Å². The highest BCUT2D eigenvalue weighted by Gasteiger charge is 2.47. The summed E-state index contributed by atoms with van der Waals surface area (Å²) in [4.78, 5) is 20.8. The van der Waals surface area contributed by atoms with Crippen molar-refractivity contribution >= 4 is 22.2 Å². The zero-order chi connectivity index (χ0) is 28.0. The Hall–Kier alpha value is -2.58. The van der Waals surface area contributed by atoms with Crippen LogP contribution in [0.15, 0.2) is 28.7 Å². The van der Waals surface area contributed by atoms with Crippen LogP contribution in [0.25, 0.3) is 11.3 Å². The van der Waals surface area contributed by atoms with Gasteiger partial charge in [-0.1, -0.05) is 31.9 Å². The third-order valence-electron chi connectivity index (χ3n) is 9.41. The van der Waals surface area contributed by atoms with E-state index in [1.54, 1.807) is 0 Å². The Balaban J connectivity index is 1.33. The first-order chi connectivity index (χ1) is 19.2. The van der Waals surface area contributed by atoms with Crippen molar-refractivity contribution in [3.8, 4) is 17.3 Å². The monoisotopic (exact) mass is 568 g/mol. The van der Waals surface area contributed by atoms with Crippen LogP contribution in [0.1, 0.15) is 75.9 Å². The average Bonchev–Trinajstić information content (AvgIpc) is 3.59. The number of carbonyl (C=O) groups excluding carboxylic acids is 1. The highest BCUT2D eigenvalue weighted by Crippen LogP contribution is 2.46. The normalized spacial score (nSPS) is 27.8. The van der Waals surface area contributed by atoms with Crippen LogP contribution in [0.2, 0.25) is 0 Å². The molecule has 6 rings (SSSR count). The zero-order valence-corrected chi connectivity index (χ0v) is 24.0. The number of carbonyl (C=O) groups is 1. The van der Waals surface area contributed by atoms with E-state index in [2.05, 4.69) is 47.5 Å². The van der Waals surface area contributed by atoms with E-state index in [4.69, 9.17) is 14.1 Å². The summed E-state index contributed by atoms with van der Waals surface area (Å²) >= 11 is 0. The van der Waals surface area contributed by atoms with Gasteiger partial charge in [0.15, 0.2) is 0 Å². The molecule has 2 saturated carbocycles. The van der Waals surface area contributed by atoms with Crippen LogP contribution in [0, 0.1) is 17.2 Å². The predicted molar refractivity (Wildman–Crippen MR) is 155 cm³/mol. The molecule has 3 N–H and O–H groups in total. The van der Waals surface area contributed by atoms with Crippen molar-refractivity contribution in [2.75, 3.05) is 42.7 Å². The molecule has 1 aromatic carbocycles. The maximum absolute atomic E-state index is 13.5. The molecule has 0 unspecified atom stereocenters. The van der Waals surface area contributed by atoms with Gasteiger partial charge in [-0.15, -0.1) is 0 Å². The summed E-state index contributed by atoms with van der Waals surface area (Å²) in [5.41, 5.74) is 1.87. The van der Waals surface area contributed by atoms with E-state index in [1.165, 1.54) is 0 Å². The number of oxazole rings is 1. The summed E-state index contributed by atoms with van der Waals surface area (Å²) in [6.07, 6.45) is 6.71. The molecule has 10 heteroatoms. The number of nitrogens with one attached hydrogen (secondary N) is 1. The van der Waals surface area contributed by atoms with Crippen LogP contribution in [0.3, 0.4) is 0 Å². The minimum absolute atomic E-state index is 0.0450. The van der Waals surface area contributed by atoms with Crippen molar-refractivity contribution in [3.05, 3.63) is 35.9 Å². The van der Waals surface area contributed by atoms with Gasteiger partial charge in [0.1, 0.15) is 17.0 Å². The number of hydrogen-bond donors (Lipinski definition) is 3. The maximum atomic E-state index is 13.5. The Bertz CT molecular complexity index is 1270. The standard InChI is InChI=1S/C30H40N4O5S/c1-29(12-16-38-17-13-29)28-32-25(21-6-8-22(9-7-21)34-14-18-40(36,37)19-15-34)26(39-28)23-4-2-3-5-24(23)27(35)33-30(20-31)10-11-30/h6-9,23-24,36-37H,2-5,10-19H2,1H3,(H,33,35)/t23-,24-/m1/s1. The van der Waals surface area contributed by atoms with E-state index < -0.39 is 16.1 Å². The van der Waals surface area contributed by atoms with Crippen LogP contribution in [-0.4, -0.2) is 63.3 Å². The van der Waals surface area contributed by atoms with E-state index in [9.17, 15) is 19.2 Å². The van der Waals surface area contributed by atoms with Gasteiger partial charge in [0.25, 0.3) is 0 Å². The molecule has 2 aromatic rings. The minimum atomic E-state index is -2.45. The molecule has 4 fully saturated rings. The quantitative estimate of drug-likeness (QED) is 0.421. The fraction of sp³-hybridized carbons (Fsp3) is 0.633. The third-order valence-corrected chi connectivity index (χ3v) is 11.1. The van der Waals surface area contributed by atoms with E-state index in [-0.39, 0.29) is 23.2 Å². The third kappa shape index (κ3) is 5.49. The van der Waals surface area contributed by atoms with Crippen LogP contribution in [-0.2, 0) is 14.9 Å². The first-order valence-electron chi connectivity index (χ1n) is 14.6. The fourth-order valence-electron chi connectivity index (χ4n) is 6.38. The SMILES string of the molecule is CC1(c2nc(-c3ccc(N4CCS(O)(O)CC4)cc3)c([C@@H]3CCCC[C@H]3C(=O)NC3(C#N)CC3)o2)CCOCC1. The Labute approximate surface area is 237 Å². The summed E-state index contributed by atoms with van der Waals surface area (Å²) in [6, 6.07) is 10.5. The molecule has 9 nitrogen and oxygen atoms in total. The summed E-state index contributed by atoms with van der Waals surface area (Å²) in [5.74, 6) is 1.88. The predicted octanol–water partition coefficient (Wildman–Crippen LogP) is 5.43. The fourth-order valence-corrected chi connectivity index (χ4v) is 7.61. The van der Waals surface area contributed by atoms with Crippen LogP contribution in [0.5, 0.6) is 0 Å². The van der Waals surface area contributed by atoms with Crippen LogP contribution < -0.4 is 10.2 Å². The summed E-state index contributed by atoms with van der Waals surface area (Å²) in [6.45, 7) is 4.76. The zero-order valence-electron chi connectivity index (χ0n) is 23.2. The van der Waals surface area contributed by atoms with Gasteiger partial charge in [-0.2, -0.15) is 15.9 Å². The second-order valence-electron chi connectivity index (χ2n) is 12.3. The van der Waals surface area contributed by atoms with Crippen molar-refractivity contribution in [2.24, 2.45) is 5.92 Å². The van der Waals surface area contributed by atoms with E-state index in [1.807, 2.05) is 0 Å². The second-order valence-corrected chi connectivity index (χ2v) is 14.8. The summed E-state index contributed by atoms with van der Waals surface area (Å²) in [5, 5.41) is 12.6. The van der Waals surface area contributed by atoms with Gasteiger partial charge in [-0.3, -0.25) is 13.9 Å². The number of anilines is 1. The number of benzene rings is 1. The number of nitriles is 1. The van der Waals surface area contributed by atoms with Crippen molar-refractivity contribution in [1.82, 2.24) is 10.3 Å². The Morgan fingerprint density at radius 3 is 2.42 bits per heavy atom. The molecule has 0 spiro atoms. The smallest absolute Gasteiger partial charge is 0.225 e. The second kappa shape index (κ2) is 10.7. The van der Waals surface area contributed by atoms with E-state index >= 15 is 0 Å². The number of amides is 1. The first kappa shape index (κ1) is 27.6. The maximum Gasteiger partial charge on any atom is 0.225 e. The molecule has 2 aliphatic carbocycles. The number of aromatic nitrogens is 1. The molecule has 3 heterocycles. The lowest BCUT2D eigenvalue weighted by molar-refractivity contribution is -0.127. The van der Waals surface area contributed by atoms with Gasteiger partial charge in [0.2, 0.25) is 11.8 Å². The lowest BCUT2D eigenvalue weighted by atomic mass is 9.76. The molecule has 0 radical (unpaired) electrons. The van der Waals surface area contributed by atoms with Crippen molar-refractivity contribution in [3.63, 3.8) is 0 Å². The number of hydrogen-bond acceptors (Lipinski definition) is 8. The van der Waals surface area contributed by atoms with E-state index in [0.29, 0.717) is 56.5 Å². The lowest BCUT2D eigenvalue weighted by Crippen LogP contribution is -2.42. The molecule has 216 valence electrons. The molecule has 1 aromatic heterocycles. The van der Waals surface area contributed by atoms with Gasteiger partial charge < -0.3 is 19.4 Å². The average molecular weight is 569 g/mol. The van der Waals surface area contributed by atoms with Crippen molar-refractivity contribution < 1.29 is 23.1 Å². The molecular formula is C30H40N4O5S.